The van der Waals surface area contributed by atoms with E-state index in [2.05, 4.69) is 15.9 Å². The molecular formula is C10H10BrClO. The van der Waals surface area contributed by atoms with E-state index in [1.165, 1.54) is 0 Å². The quantitative estimate of drug-likeness (QED) is 0.864. The molecule has 1 unspecified atom stereocenters. The fourth-order valence-corrected chi connectivity index (χ4v) is 1.44. The van der Waals surface area contributed by atoms with Crippen LogP contribution in [0.15, 0.2) is 28.7 Å². The first-order chi connectivity index (χ1) is 6.09. The number of benzene rings is 1. The van der Waals surface area contributed by atoms with E-state index in [9.17, 15) is 0 Å². The molecule has 0 amide bonds. The molecule has 0 aliphatic rings. The van der Waals surface area contributed by atoms with Gasteiger partial charge in [0, 0.05) is 9.50 Å². The van der Waals surface area contributed by atoms with Crippen molar-refractivity contribution in [1.82, 2.24) is 0 Å². The molecule has 0 bridgehead atoms. The average molecular weight is 262 g/mol. The smallest absolute Gasteiger partial charge is 0.0696 e. The molecular weight excluding hydrogens is 251 g/mol. The van der Waals surface area contributed by atoms with Crippen LogP contribution in [0.3, 0.4) is 0 Å². The summed E-state index contributed by atoms with van der Waals surface area (Å²) in [5.41, 5.74) is 0.966. The predicted octanol–water partition coefficient (Wildman–Crippen LogP) is 3.50. The summed E-state index contributed by atoms with van der Waals surface area (Å²) in [6.07, 6.45) is 3.10. The number of hydrogen-bond acceptors (Lipinski definition) is 1. The highest BCUT2D eigenvalue weighted by atomic mass is 79.9. The zero-order chi connectivity index (χ0) is 9.84. The first kappa shape index (κ1) is 10.8. The SMILES string of the molecule is CC(O)/C=C/c1cc(Cl)ccc1Br. The first-order valence-electron chi connectivity index (χ1n) is 3.91. The van der Waals surface area contributed by atoms with Crippen molar-refractivity contribution in [1.29, 1.82) is 0 Å². The second-order valence-corrected chi connectivity index (χ2v) is 4.06. The van der Waals surface area contributed by atoms with E-state index in [-0.39, 0.29) is 0 Å². The van der Waals surface area contributed by atoms with Crippen LogP contribution in [-0.2, 0) is 0 Å². The molecule has 0 aliphatic heterocycles. The number of halogens is 2. The van der Waals surface area contributed by atoms with Crippen molar-refractivity contribution in [3.05, 3.63) is 39.3 Å². The Morgan fingerprint density at radius 1 is 1.54 bits per heavy atom. The van der Waals surface area contributed by atoms with Crippen LogP contribution in [0.1, 0.15) is 12.5 Å². The van der Waals surface area contributed by atoms with Crippen LogP contribution >= 0.6 is 27.5 Å². The van der Waals surface area contributed by atoms with Crippen molar-refractivity contribution < 1.29 is 5.11 Å². The Morgan fingerprint density at radius 2 is 2.23 bits per heavy atom. The van der Waals surface area contributed by atoms with E-state index in [0.717, 1.165) is 10.0 Å². The van der Waals surface area contributed by atoms with Crippen LogP contribution in [0, 0.1) is 0 Å². The molecule has 1 N–H and O–H groups in total. The highest BCUT2D eigenvalue weighted by Gasteiger charge is 1.97. The maximum Gasteiger partial charge on any atom is 0.0696 e. The summed E-state index contributed by atoms with van der Waals surface area (Å²) in [5, 5.41) is 9.73. The van der Waals surface area contributed by atoms with Gasteiger partial charge in [-0.25, -0.2) is 0 Å². The van der Waals surface area contributed by atoms with Crippen molar-refractivity contribution in [2.24, 2.45) is 0 Å². The summed E-state index contributed by atoms with van der Waals surface area (Å²) in [5.74, 6) is 0. The highest BCUT2D eigenvalue weighted by molar-refractivity contribution is 9.10. The maximum absolute atomic E-state index is 9.04. The van der Waals surface area contributed by atoms with Gasteiger partial charge < -0.3 is 5.11 Å². The second kappa shape index (κ2) is 4.80. The highest BCUT2D eigenvalue weighted by Crippen LogP contribution is 2.22. The van der Waals surface area contributed by atoms with E-state index in [0.29, 0.717) is 5.02 Å². The molecule has 0 radical (unpaired) electrons. The van der Waals surface area contributed by atoms with Crippen LogP contribution in [0.25, 0.3) is 6.08 Å². The normalized spacial score (nSPS) is 13.5. The molecule has 1 aromatic rings. The Kier molecular flexibility index (Phi) is 3.97. The number of hydrogen-bond donors (Lipinski definition) is 1. The average Bonchev–Trinajstić information content (AvgIpc) is 2.06. The standard InChI is InChI=1S/C10H10BrClO/c1-7(13)2-3-8-6-9(12)4-5-10(8)11/h2-7,13H,1H3/b3-2+. The molecule has 13 heavy (non-hydrogen) atoms. The van der Waals surface area contributed by atoms with E-state index in [1.807, 2.05) is 24.3 Å². The lowest BCUT2D eigenvalue weighted by atomic mass is 10.2. The topological polar surface area (TPSA) is 20.2 Å². The van der Waals surface area contributed by atoms with E-state index >= 15 is 0 Å². The third kappa shape index (κ3) is 3.51. The van der Waals surface area contributed by atoms with Crippen molar-refractivity contribution in [3.63, 3.8) is 0 Å². The van der Waals surface area contributed by atoms with Crippen LogP contribution in [0.5, 0.6) is 0 Å². The van der Waals surface area contributed by atoms with Crippen molar-refractivity contribution in [3.8, 4) is 0 Å². The molecule has 0 aliphatic carbocycles. The molecule has 1 atom stereocenters. The van der Waals surface area contributed by atoms with Gasteiger partial charge in [-0.05, 0) is 30.7 Å². The van der Waals surface area contributed by atoms with Gasteiger partial charge in [0.15, 0.2) is 0 Å². The van der Waals surface area contributed by atoms with E-state index in [1.54, 1.807) is 13.0 Å². The number of aliphatic hydroxyl groups is 1. The molecule has 0 aromatic heterocycles. The molecule has 70 valence electrons. The van der Waals surface area contributed by atoms with Crippen LogP contribution in [-0.4, -0.2) is 11.2 Å². The van der Waals surface area contributed by atoms with Crippen LogP contribution < -0.4 is 0 Å². The van der Waals surface area contributed by atoms with E-state index in [4.69, 9.17) is 16.7 Å². The van der Waals surface area contributed by atoms with Crippen molar-refractivity contribution in [2.45, 2.75) is 13.0 Å². The Labute approximate surface area is 91.2 Å². The molecule has 1 aromatic carbocycles. The fraction of sp³-hybridized carbons (Fsp3) is 0.200. The fourth-order valence-electron chi connectivity index (χ4n) is 0.885. The Hall–Kier alpha value is -0.310. The summed E-state index contributed by atoms with van der Waals surface area (Å²) in [6.45, 7) is 1.70. The van der Waals surface area contributed by atoms with Crippen molar-refractivity contribution >= 4 is 33.6 Å². The van der Waals surface area contributed by atoms with Gasteiger partial charge in [-0.1, -0.05) is 39.7 Å². The first-order valence-corrected chi connectivity index (χ1v) is 5.08. The number of rotatable bonds is 2. The zero-order valence-electron chi connectivity index (χ0n) is 7.17. The largest absolute Gasteiger partial charge is 0.389 e. The van der Waals surface area contributed by atoms with Gasteiger partial charge in [-0.3, -0.25) is 0 Å². The zero-order valence-corrected chi connectivity index (χ0v) is 9.51. The lowest BCUT2D eigenvalue weighted by Crippen LogP contribution is -1.91. The Morgan fingerprint density at radius 3 is 2.85 bits per heavy atom. The molecule has 1 rings (SSSR count). The molecule has 0 saturated carbocycles. The van der Waals surface area contributed by atoms with Gasteiger partial charge in [0.2, 0.25) is 0 Å². The third-order valence-corrected chi connectivity index (χ3v) is 2.47. The van der Waals surface area contributed by atoms with Crippen molar-refractivity contribution in [2.75, 3.05) is 0 Å². The van der Waals surface area contributed by atoms with Crippen LogP contribution in [0.4, 0.5) is 0 Å². The molecule has 3 heteroatoms. The monoisotopic (exact) mass is 260 g/mol. The summed E-state index contributed by atoms with van der Waals surface area (Å²) < 4.78 is 0.966. The number of aliphatic hydroxyl groups excluding tert-OH is 1. The van der Waals surface area contributed by atoms with Gasteiger partial charge >= 0.3 is 0 Å². The van der Waals surface area contributed by atoms with Gasteiger partial charge in [-0.2, -0.15) is 0 Å². The summed E-state index contributed by atoms with van der Waals surface area (Å²) >= 11 is 9.20. The minimum absolute atomic E-state index is 0.439. The molecule has 0 heterocycles. The van der Waals surface area contributed by atoms with Crippen LogP contribution in [0.2, 0.25) is 5.02 Å². The summed E-state index contributed by atoms with van der Waals surface area (Å²) in [4.78, 5) is 0. The minimum atomic E-state index is -0.439. The summed E-state index contributed by atoms with van der Waals surface area (Å²) in [7, 11) is 0. The van der Waals surface area contributed by atoms with E-state index < -0.39 is 6.10 Å². The molecule has 1 nitrogen and oxygen atoms in total. The Bertz CT molecular complexity index is 321. The van der Waals surface area contributed by atoms with Gasteiger partial charge in [0.1, 0.15) is 0 Å². The van der Waals surface area contributed by atoms with Gasteiger partial charge in [0.25, 0.3) is 0 Å². The minimum Gasteiger partial charge on any atom is -0.389 e. The Balaban J connectivity index is 2.93. The third-order valence-electron chi connectivity index (χ3n) is 1.51. The molecule has 0 spiro atoms. The molecule has 0 fully saturated rings. The maximum atomic E-state index is 9.04. The predicted molar refractivity (Wildman–Crippen MR) is 59.9 cm³/mol. The lowest BCUT2D eigenvalue weighted by Gasteiger charge is -1.99. The molecule has 0 saturated heterocycles. The van der Waals surface area contributed by atoms with Gasteiger partial charge in [0.05, 0.1) is 6.10 Å². The second-order valence-electron chi connectivity index (χ2n) is 2.77. The summed E-state index contributed by atoms with van der Waals surface area (Å²) in [6, 6.07) is 5.53. The van der Waals surface area contributed by atoms with Gasteiger partial charge in [-0.15, -0.1) is 0 Å². The lowest BCUT2D eigenvalue weighted by molar-refractivity contribution is 0.245.